The van der Waals surface area contributed by atoms with Gasteiger partial charge >= 0.3 is 11.9 Å². The number of rotatable bonds is 14. The minimum atomic E-state index is -1.19. The van der Waals surface area contributed by atoms with Gasteiger partial charge in [0.2, 0.25) is 0 Å². The van der Waals surface area contributed by atoms with Gasteiger partial charge in [-0.2, -0.15) is 0 Å². The molecule has 0 atom stereocenters. The Hall–Kier alpha value is -10.3. The zero-order valence-electron chi connectivity index (χ0n) is 40.5. The SMILES string of the molecule is Cc1ccc(C(=O)c2ccccc2)cc1NC(=O)c1ccccc1.O=C(Nc1cc(C(=O)c2ccccc2)ccc1C(=O)O)c1ccccc1.O=C(Nc1cc(Cc2ccccc2)ccc1C(=O)O)c1ccccc1. The summed E-state index contributed by atoms with van der Waals surface area (Å²) in [6, 6.07) is 68.3. The van der Waals surface area contributed by atoms with Crippen LogP contribution in [0.15, 0.2) is 237 Å². The van der Waals surface area contributed by atoms with Crippen molar-refractivity contribution in [2.45, 2.75) is 13.3 Å². The molecule has 9 aromatic rings. The van der Waals surface area contributed by atoms with Crippen molar-refractivity contribution >= 4 is 58.3 Å². The van der Waals surface area contributed by atoms with Crippen LogP contribution in [0.1, 0.15) is 100 Å². The van der Waals surface area contributed by atoms with Gasteiger partial charge in [0, 0.05) is 44.6 Å². The lowest BCUT2D eigenvalue weighted by atomic mass is 10.0. The van der Waals surface area contributed by atoms with Crippen molar-refractivity contribution in [3.8, 4) is 0 Å². The number of ketones is 2. The molecule has 0 heterocycles. The standard InChI is InChI=1S/C21H15NO4.C21H17NO3.C21H17NO2/c23-19(14-7-3-1-4-8-14)16-11-12-17(21(25)26)18(13-16)22-20(24)15-9-5-2-6-10-15;23-20(17-9-5-2-6-10-17)22-19-14-16(11-12-18(19)21(24)25)13-15-7-3-1-4-8-15;1-15-12-13-18(20(23)16-8-4-2-5-9-16)14-19(15)22-21(24)17-10-6-3-7-11-17/h1-13H,(H,22,24)(H,25,26);1-12,14H,13H2,(H,22,23)(H,24,25);2-14H,1H3,(H,22,24). The molecule has 0 bridgehead atoms. The molecule has 9 rings (SSSR count). The second kappa shape index (κ2) is 25.7. The van der Waals surface area contributed by atoms with E-state index < -0.39 is 17.8 Å². The van der Waals surface area contributed by atoms with E-state index in [0.29, 0.717) is 56.7 Å². The average Bonchev–Trinajstić information content (AvgIpc) is 3.45. The Bertz CT molecular complexity index is 3460. The number of nitrogens with one attached hydrogen (secondary N) is 3. The van der Waals surface area contributed by atoms with Crippen molar-refractivity contribution in [1.82, 2.24) is 0 Å². The van der Waals surface area contributed by atoms with E-state index >= 15 is 0 Å². The van der Waals surface area contributed by atoms with Gasteiger partial charge in [-0.15, -0.1) is 0 Å². The Morgan fingerprint density at radius 2 is 0.640 bits per heavy atom. The molecule has 5 N–H and O–H groups in total. The molecular weight excluding hydrogens is 943 g/mol. The lowest BCUT2D eigenvalue weighted by Gasteiger charge is -2.11. The Morgan fingerprint density at radius 1 is 0.320 bits per heavy atom. The van der Waals surface area contributed by atoms with Crippen molar-refractivity contribution in [2.75, 3.05) is 16.0 Å². The number of benzene rings is 9. The Balaban J connectivity index is 0.000000164. The fraction of sp³-hybridized carbons (Fsp3) is 0.0317. The van der Waals surface area contributed by atoms with E-state index in [1.807, 2.05) is 85.8 Å². The summed E-state index contributed by atoms with van der Waals surface area (Å²) in [4.78, 5) is 85.1. The average molecular weight is 992 g/mol. The summed E-state index contributed by atoms with van der Waals surface area (Å²) >= 11 is 0. The van der Waals surface area contributed by atoms with Gasteiger partial charge in [0.05, 0.1) is 22.5 Å². The third-order valence-corrected chi connectivity index (χ3v) is 11.5. The first-order valence-electron chi connectivity index (χ1n) is 23.5. The van der Waals surface area contributed by atoms with Crippen LogP contribution >= 0.6 is 0 Å². The first-order chi connectivity index (χ1) is 36.3. The third-order valence-electron chi connectivity index (χ3n) is 11.5. The van der Waals surface area contributed by atoms with Gasteiger partial charge in [-0.1, -0.05) is 170 Å². The predicted octanol–water partition coefficient (Wildman–Crippen LogP) is 12.6. The van der Waals surface area contributed by atoms with Crippen LogP contribution in [0.3, 0.4) is 0 Å². The molecule has 0 radical (unpaired) electrons. The van der Waals surface area contributed by atoms with Crippen molar-refractivity contribution in [3.63, 3.8) is 0 Å². The van der Waals surface area contributed by atoms with Crippen molar-refractivity contribution in [1.29, 1.82) is 0 Å². The molecule has 0 aliphatic heterocycles. The first-order valence-corrected chi connectivity index (χ1v) is 23.5. The highest BCUT2D eigenvalue weighted by Crippen LogP contribution is 2.24. The van der Waals surface area contributed by atoms with Gasteiger partial charge in [0.1, 0.15) is 0 Å². The zero-order chi connectivity index (χ0) is 53.1. The quantitative estimate of drug-likeness (QED) is 0.0659. The molecule has 0 aromatic heterocycles. The molecule has 0 aliphatic rings. The van der Waals surface area contributed by atoms with Crippen LogP contribution in [-0.2, 0) is 6.42 Å². The topological polar surface area (TPSA) is 196 Å². The van der Waals surface area contributed by atoms with Gasteiger partial charge in [-0.3, -0.25) is 24.0 Å². The number of anilines is 3. The number of hydrogen-bond donors (Lipinski definition) is 5. The normalized spacial score (nSPS) is 10.2. The molecular formula is C63H49N3O9. The van der Waals surface area contributed by atoms with Gasteiger partial charge in [-0.05, 0) is 96.8 Å². The summed E-state index contributed by atoms with van der Waals surface area (Å²) < 4.78 is 0. The summed E-state index contributed by atoms with van der Waals surface area (Å²) in [5.74, 6) is -3.55. The maximum Gasteiger partial charge on any atom is 0.337 e. The van der Waals surface area contributed by atoms with Gasteiger partial charge in [0.15, 0.2) is 11.6 Å². The van der Waals surface area contributed by atoms with E-state index in [1.165, 1.54) is 24.3 Å². The summed E-state index contributed by atoms with van der Waals surface area (Å²) in [5, 5.41) is 26.9. The van der Waals surface area contributed by atoms with Crippen LogP contribution in [0.25, 0.3) is 0 Å². The van der Waals surface area contributed by atoms with Crippen LogP contribution in [-0.4, -0.2) is 51.4 Å². The lowest BCUT2D eigenvalue weighted by molar-refractivity contribution is 0.0687. The molecule has 0 saturated carbocycles. The molecule has 0 spiro atoms. The number of carbonyl (C=O) groups is 7. The van der Waals surface area contributed by atoms with Gasteiger partial charge < -0.3 is 26.2 Å². The fourth-order valence-electron chi connectivity index (χ4n) is 7.56. The third kappa shape index (κ3) is 14.6. The summed E-state index contributed by atoms with van der Waals surface area (Å²) in [5.41, 5.74) is 7.37. The van der Waals surface area contributed by atoms with Crippen LogP contribution < -0.4 is 16.0 Å². The Labute approximate surface area is 433 Å². The molecule has 75 heavy (non-hydrogen) atoms. The summed E-state index contributed by atoms with van der Waals surface area (Å²) in [6.07, 6.45) is 0.662. The number of aryl methyl sites for hydroxylation is 1. The number of carboxylic acids is 2. The van der Waals surface area contributed by atoms with Crippen molar-refractivity contribution in [3.05, 3.63) is 303 Å². The second-order valence-electron chi connectivity index (χ2n) is 16.8. The monoisotopic (exact) mass is 991 g/mol. The molecule has 0 fully saturated rings. The minimum Gasteiger partial charge on any atom is -0.478 e. The van der Waals surface area contributed by atoms with E-state index in [4.69, 9.17) is 0 Å². The van der Waals surface area contributed by atoms with E-state index in [9.17, 15) is 43.8 Å². The number of carboxylic acid groups (broad SMARTS) is 2. The highest BCUT2D eigenvalue weighted by molar-refractivity contribution is 6.13. The largest absolute Gasteiger partial charge is 0.478 e. The van der Waals surface area contributed by atoms with Gasteiger partial charge in [-0.25, -0.2) is 9.59 Å². The lowest BCUT2D eigenvalue weighted by Crippen LogP contribution is -2.15. The molecule has 0 aliphatic carbocycles. The van der Waals surface area contributed by atoms with Crippen LogP contribution in [0.2, 0.25) is 0 Å². The van der Waals surface area contributed by atoms with Crippen molar-refractivity contribution in [2.24, 2.45) is 0 Å². The minimum absolute atomic E-state index is 0.0641. The summed E-state index contributed by atoms with van der Waals surface area (Å²) in [6.45, 7) is 1.90. The molecule has 12 nitrogen and oxygen atoms in total. The molecule has 0 unspecified atom stereocenters. The molecule has 9 aromatic carbocycles. The van der Waals surface area contributed by atoms with Crippen LogP contribution in [0.5, 0.6) is 0 Å². The zero-order valence-corrected chi connectivity index (χ0v) is 40.5. The second-order valence-corrected chi connectivity index (χ2v) is 16.8. The van der Waals surface area contributed by atoms with Crippen molar-refractivity contribution < 1.29 is 43.8 Å². The van der Waals surface area contributed by atoms with Crippen LogP contribution in [0.4, 0.5) is 17.1 Å². The Morgan fingerprint density at radius 3 is 1.04 bits per heavy atom. The number of aromatic carboxylic acids is 2. The molecule has 370 valence electrons. The molecule has 3 amide bonds. The van der Waals surface area contributed by atoms with E-state index in [1.54, 1.807) is 133 Å². The predicted molar refractivity (Wildman–Crippen MR) is 290 cm³/mol. The smallest absolute Gasteiger partial charge is 0.337 e. The van der Waals surface area contributed by atoms with E-state index in [2.05, 4.69) is 16.0 Å². The summed E-state index contributed by atoms with van der Waals surface area (Å²) in [7, 11) is 0. The molecule has 12 heteroatoms. The van der Waals surface area contributed by atoms with Crippen LogP contribution in [0, 0.1) is 6.92 Å². The number of hydrogen-bond acceptors (Lipinski definition) is 7. The fourth-order valence-corrected chi connectivity index (χ4v) is 7.56. The highest BCUT2D eigenvalue weighted by Gasteiger charge is 2.19. The number of amides is 3. The maximum absolute atomic E-state index is 12.6. The molecule has 0 saturated heterocycles. The van der Waals surface area contributed by atoms with Gasteiger partial charge in [0.25, 0.3) is 17.7 Å². The Kier molecular flexibility index (Phi) is 18.0. The first kappa shape index (κ1) is 52.5. The van der Waals surface area contributed by atoms with E-state index in [-0.39, 0.29) is 40.2 Å². The van der Waals surface area contributed by atoms with E-state index in [0.717, 1.165) is 16.7 Å². The number of carbonyl (C=O) groups excluding carboxylic acids is 5. The maximum atomic E-state index is 12.6. The highest BCUT2D eigenvalue weighted by atomic mass is 16.4.